The second-order valence-corrected chi connectivity index (χ2v) is 7.24. The van der Waals surface area contributed by atoms with E-state index in [0.29, 0.717) is 10.7 Å². The van der Waals surface area contributed by atoms with Crippen molar-refractivity contribution in [3.8, 4) is 17.0 Å². The summed E-state index contributed by atoms with van der Waals surface area (Å²) in [7, 11) is 3.52. The minimum atomic E-state index is -0.177. The van der Waals surface area contributed by atoms with Crippen molar-refractivity contribution in [1.82, 2.24) is 14.8 Å². The molecule has 0 saturated heterocycles. The van der Waals surface area contributed by atoms with Gasteiger partial charge in [-0.2, -0.15) is 5.10 Å². The molecular weight excluding hydrogens is 360 g/mol. The first kappa shape index (κ1) is 17.2. The fraction of sp³-hybridized carbons (Fsp3) is 0.150. The quantitative estimate of drug-likeness (QED) is 0.576. The number of pyridine rings is 1. The van der Waals surface area contributed by atoms with E-state index >= 15 is 0 Å². The predicted molar refractivity (Wildman–Crippen MR) is 108 cm³/mol. The van der Waals surface area contributed by atoms with Crippen molar-refractivity contribution in [3.63, 3.8) is 0 Å². The second-order valence-electron chi connectivity index (χ2n) is 6.21. The number of carbonyl (C=O) groups excluding carboxylic acids is 1. The highest BCUT2D eigenvalue weighted by atomic mass is 32.1. The van der Waals surface area contributed by atoms with Crippen LogP contribution in [0, 0.1) is 6.92 Å². The molecule has 0 spiro atoms. The number of hydrogen-bond acceptors (Lipinski definition) is 5. The lowest BCUT2D eigenvalue weighted by atomic mass is 10.1. The third-order valence-corrected chi connectivity index (χ3v) is 5.43. The molecule has 27 heavy (non-hydrogen) atoms. The molecule has 3 aromatic heterocycles. The Kier molecular flexibility index (Phi) is 4.37. The maximum Gasteiger partial charge on any atom is 0.266 e. The van der Waals surface area contributed by atoms with E-state index in [9.17, 15) is 4.79 Å². The van der Waals surface area contributed by atoms with Gasteiger partial charge in [0.1, 0.15) is 22.1 Å². The van der Waals surface area contributed by atoms with E-state index in [0.717, 1.165) is 32.8 Å². The topological polar surface area (TPSA) is 69.0 Å². The molecule has 0 aliphatic rings. The summed E-state index contributed by atoms with van der Waals surface area (Å²) in [6, 6.07) is 13.3. The minimum Gasteiger partial charge on any atom is -0.497 e. The van der Waals surface area contributed by atoms with E-state index in [2.05, 4.69) is 15.4 Å². The van der Waals surface area contributed by atoms with Gasteiger partial charge in [0.05, 0.1) is 12.0 Å². The molecule has 0 bridgehead atoms. The van der Waals surface area contributed by atoms with Crippen LogP contribution in [0.25, 0.3) is 21.5 Å². The van der Waals surface area contributed by atoms with Crippen LogP contribution in [-0.4, -0.2) is 27.8 Å². The lowest BCUT2D eigenvalue weighted by Crippen LogP contribution is -2.11. The Balaban J connectivity index is 1.69. The zero-order valence-electron chi connectivity index (χ0n) is 15.2. The van der Waals surface area contributed by atoms with Gasteiger partial charge < -0.3 is 10.1 Å². The Morgan fingerprint density at radius 1 is 1.22 bits per heavy atom. The fourth-order valence-corrected chi connectivity index (χ4v) is 3.82. The van der Waals surface area contributed by atoms with Crippen molar-refractivity contribution in [3.05, 3.63) is 59.1 Å². The Morgan fingerprint density at radius 2 is 2.07 bits per heavy atom. The van der Waals surface area contributed by atoms with Gasteiger partial charge in [-0.1, -0.05) is 18.2 Å². The first-order valence-corrected chi connectivity index (χ1v) is 9.22. The second kappa shape index (κ2) is 6.85. The molecule has 0 saturated carbocycles. The minimum absolute atomic E-state index is 0.177. The molecule has 0 radical (unpaired) electrons. The standard InChI is InChI=1S/C20H18N4O2S/c1-12-7-8-17(21-11-12)22-19(25)16-10-15-18(23-24(2)20(15)27-16)13-5-4-6-14(9-13)26-3/h4-11H,1-3H3,(H,21,22,25). The van der Waals surface area contributed by atoms with Crippen molar-refractivity contribution < 1.29 is 9.53 Å². The number of ether oxygens (including phenoxy) is 1. The van der Waals surface area contributed by atoms with Crippen LogP contribution >= 0.6 is 11.3 Å². The molecule has 0 unspecified atom stereocenters. The molecule has 1 aromatic carbocycles. The highest BCUT2D eigenvalue weighted by Crippen LogP contribution is 2.35. The van der Waals surface area contributed by atoms with E-state index in [1.807, 2.05) is 50.4 Å². The summed E-state index contributed by atoms with van der Waals surface area (Å²) in [5.41, 5.74) is 2.82. The lowest BCUT2D eigenvalue weighted by molar-refractivity contribution is 0.103. The first-order chi connectivity index (χ1) is 13.0. The highest BCUT2D eigenvalue weighted by Gasteiger charge is 2.18. The molecule has 7 heteroatoms. The van der Waals surface area contributed by atoms with Crippen molar-refractivity contribution >= 4 is 33.3 Å². The summed E-state index contributed by atoms with van der Waals surface area (Å²) in [6.45, 7) is 1.96. The van der Waals surface area contributed by atoms with Crippen LogP contribution in [0.2, 0.25) is 0 Å². The molecule has 4 rings (SSSR count). The number of rotatable bonds is 4. The Bertz CT molecular complexity index is 1130. The average molecular weight is 378 g/mol. The zero-order valence-corrected chi connectivity index (χ0v) is 16.0. The maximum atomic E-state index is 12.6. The van der Waals surface area contributed by atoms with Gasteiger partial charge in [-0.3, -0.25) is 9.48 Å². The number of fused-ring (bicyclic) bond motifs is 1. The van der Waals surface area contributed by atoms with Crippen molar-refractivity contribution in [2.45, 2.75) is 6.92 Å². The SMILES string of the molecule is COc1cccc(-c2nn(C)c3sc(C(=O)Nc4ccc(C)cn4)cc23)c1. The molecule has 3 heterocycles. The Morgan fingerprint density at radius 3 is 2.81 bits per heavy atom. The molecule has 0 fully saturated rings. The number of benzene rings is 1. The van der Waals surface area contributed by atoms with Crippen LogP contribution in [0.4, 0.5) is 5.82 Å². The number of thiophene rings is 1. The number of methoxy groups -OCH3 is 1. The van der Waals surface area contributed by atoms with Gasteiger partial charge >= 0.3 is 0 Å². The van der Waals surface area contributed by atoms with Gasteiger partial charge in [0, 0.05) is 24.2 Å². The van der Waals surface area contributed by atoms with E-state index in [1.165, 1.54) is 11.3 Å². The lowest BCUT2D eigenvalue weighted by Gasteiger charge is -2.03. The van der Waals surface area contributed by atoms with E-state index < -0.39 is 0 Å². The van der Waals surface area contributed by atoms with Gasteiger partial charge in [0.2, 0.25) is 0 Å². The van der Waals surface area contributed by atoms with Gasteiger partial charge in [-0.25, -0.2) is 4.98 Å². The van der Waals surface area contributed by atoms with E-state index in [4.69, 9.17) is 4.74 Å². The first-order valence-electron chi connectivity index (χ1n) is 8.40. The van der Waals surface area contributed by atoms with Crippen LogP contribution in [-0.2, 0) is 7.05 Å². The summed E-state index contributed by atoms with van der Waals surface area (Å²) in [6.07, 6.45) is 1.73. The Hall–Kier alpha value is -3.19. The number of aryl methyl sites for hydroxylation is 2. The van der Waals surface area contributed by atoms with Crippen LogP contribution < -0.4 is 10.1 Å². The van der Waals surface area contributed by atoms with Crippen LogP contribution in [0.15, 0.2) is 48.7 Å². The Labute approximate surface area is 160 Å². The summed E-state index contributed by atoms with van der Waals surface area (Å²) in [4.78, 5) is 18.4. The normalized spacial score (nSPS) is 10.9. The number of nitrogens with zero attached hydrogens (tertiary/aromatic N) is 3. The molecule has 6 nitrogen and oxygen atoms in total. The fourth-order valence-electron chi connectivity index (χ4n) is 2.86. The van der Waals surface area contributed by atoms with Crippen LogP contribution in [0.1, 0.15) is 15.2 Å². The van der Waals surface area contributed by atoms with Gasteiger partial charge in [0.15, 0.2) is 0 Å². The van der Waals surface area contributed by atoms with Crippen molar-refractivity contribution in [2.75, 3.05) is 12.4 Å². The molecule has 0 aliphatic carbocycles. The molecule has 4 aromatic rings. The summed E-state index contributed by atoms with van der Waals surface area (Å²) in [5.74, 6) is 1.13. The number of carbonyl (C=O) groups is 1. The summed E-state index contributed by atoms with van der Waals surface area (Å²) < 4.78 is 7.11. The predicted octanol–water partition coefficient (Wildman–Crippen LogP) is 4.27. The number of hydrogen-bond donors (Lipinski definition) is 1. The third kappa shape index (κ3) is 3.29. The maximum absolute atomic E-state index is 12.6. The molecule has 0 atom stereocenters. The molecule has 0 aliphatic heterocycles. The van der Waals surface area contributed by atoms with Gasteiger partial charge in [-0.05, 0) is 36.8 Å². The van der Waals surface area contributed by atoms with E-state index in [1.54, 1.807) is 24.1 Å². The monoisotopic (exact) mass is 378 g/mol. The summed E-state index contributed by atoms with van der Waals surface area (Å²) >= 11 is 1.41. The number of nitrogens with one attached hydrogen (secondary N) is 1. The van der Waals surface area contributed by atoms with Gasteiger partial charge in [0.25, 0.3) is 5.91 Å². The molecular formula is C20H18N4O2S. The van der Waals surface area contributed by atoms with Crippen molar-refractivity contribution in [1.29, 1.82) is 0 Å². The summed E-state index contributed by atoms with van der Waals surface area (Å²) in [5, 5.41) is 8.40. The average Bonchev–Trinajstić information content (AvgIpc) is 3.24. The number of amides is 1. The number of aromatic nitrogens is 3. The largest absolute Gasteiger partial charge is 0.497 e. The number of anilines is 1. The smallest absolute Gasteiger partial charge is 0.266 e. The molecule has 1 N–H and O–H groups in total. The molecule has 1 amide bonds. The van der Waals surface area contributed by atoms with Crippen LogP contribution in [0.3, 0.4) is 0 Å². The highest BCUT2D eigenvalue weighted by molar-refractivity contribution is 7.20. The van der Waals surface area contributed by atoms with Crippen molar-refractivity contribution in [2.24, 2.45) is 7.05 Å². The van der Waals surface area contributed by atoms with Crippen LogP contribution in [0.5, 0.6) is 5.75 Å². The zero-order chi connectivity index (χ0) is 19.0. The third-order valence-electron chi connectivity index (χ3n) is 4.23. The molecule has 136 valence electrons. The van der Waals surface area contributed by atoms with Gasteiger partial charge in [-0.15, -0.1) is 11.3 Å². The van der Waals surface area contributed by atoms with E-state index in [-0.39, 0.29) is 5.91 Å².